The van der Waals surface area contributed by atoms with Crippen molar-refractivity contribution in [2.45, 2.75) is 12.6 Å². The lowest BCUT2D eigenvalue weighted by molar-refractivity contribution is -0.00374. The normalized spacial score (nSPS) is 19.3. The predicted molar refractivity (Wildman–Crippen MR) is 77.6 cm³/mol. The number of ether oxygens (including phenoxy) is 2. The molecule has 1 aliphatic heterocycles. The molecule has 6 nitrogen and oxygen atoms in total. The molecule has 0 aromatic heterocycles. The molecule has 0 bridgehead atoms. The topological polar surface area (TPSA) is 72.9 Å². The maximum Gasteiger partial charge on any atom is 0.410 e. The van der Waals surface area contributed by atoms with E-state index in [4.69, 9.17) is 20.2 Å². The zero-order chi connectivity index (χ0) is 15.3. The van der Waals surface area contributed by atoms with Crippen LogP contribution in [0.2, 0.25) is 0 Å². The van der Waals surface area contributed by atoms with Gasteiger partial charge in [-0.3, -0.25) is 4.90 Å². The Morgan fingerprint density at radius 3 is 2.76 bits per heavy atom. The van der Waals surface area contributed by atoms with Gasteiger partial charge in [-0.25, -0.2) is 13.2 Å². The highest BCUT2D eigenvalue weighted by Crippen LogP contribution is 2.14. The van der Waals surface area contributed by atoms with Crippen LogP contribution in [0.1, 0.15) is 5.56 Å². The zero-order valence-electron chi connectivity index (χ0n) is 11.3. The Bertz CT molecular complexity index is 577. The van der Waals surface area contributed by atoms with E-state index < -0.39 is 21.2 Å². The Balaban J connectivity index is 1.95. The van der Waals surface area contributed by atoms with Crippen LogP contribution in [0.4, 0.5) is 4.79 Å². The summed E-state index contributed by atoms with van der Waals surface area (Å²) in [6.07, 6.45) is -0.563. The number of morpholine rings is 1. The van der Waals surface area contributed by atoms with E-state index in [9.17, 15) is 13.2 Å². The first-order valence-electron chi connectivity index (χ1n) is 6.43. The number of rotatable bonds is 4. The third-order valence-corrected chi connectivity index (χ3v) is 4.22. The van der Waals surface area contributed by atoms with Crippen molar-refractivity contribution in [3.8, 4) is 0 Å². The first-order chi connectivity index (χ1) is 9.96. The molecule has 0 radical (unpaired) electrons. The van der Waals surface area contributed by atoms with Crippen LogP contribution in [0.15, 0.2) is 30.3 Å². The second kappa shape index (κ2) is 7.11. The molecule has 0 N–H and O–H groups in total. The average Bonchev–Trinajstić information content (AvgIpc) is 2.45. The van der Waals surface area contributed by atoms with Crippen LogP contribution < -0.4 is 0 Å². The number of hydrogen-bond acceptors (Lipinski definition) is 5. The molecule has 1 aromatic rings. The van der Waals surface area contributed by atoms with Gasteiger partial charge in [0.05, 0.1) is 25.0 Å². The fraction of sp³-hybridized carbons (Fsp3) is 0.462. The summed E-state index contributed by atoms with van der Waals surface area (Å²) in [6.45, 7) is 0.897. The van der Waals surface area contributed by atoms with Gasteiger partial charge < -0.3 is 9.47 Å². The maximum absolute atomic E-state index is 12.1. The molecule has 1 aliphatic rings. The third-order valence-electron chi connectivity index (χ3n) is 3.06. The minimum absolute atomic E-state index is 0.131. The summed E-state index contributed by atoms with van der Waals surface area (Å²) in [5.74, 6) is -0.352. The molecule has 1 saturated heterocycles. The van der Waals surface area contributed by atoms with E-state index in [0.29, 0.717) is 6.61 Å². The number of carbonyl (C=O) groups is 1. The van der Waals surface area contributed by atoms with Gasteiger partial charge in [-0.2, -0.15) is 0 Å². The van der Waals surface area contributed by atoms with Crippen molar-refractivity contribution < 1.29 is 22.7 Å². The van der Waals surface area contributed by atoms with E-state index >= 15 is 0 Å². The Morgan fingerprint density at radius 1 is 1.38 bits per heavy atom. The Morgan fingerprint density at radius 2 is 2.10 bits per heavy atom. The van der Waals surface area contributed by atoms with Crippen LogP contribution in [0.3, 0.4) is 0 Å². The van der Waals surface area contributed by atoms with Crippen molar-refractivity contribution in [1.82, 2.24) is 4.90 Å². The molecule has 1 amide bonds. The van der Waals surface area contributed by atoms with Crippen LogP contribution in [-0.2, 0) is 25.1 Å². The van der Waals surface area contributed by atoms with Crippen molar-refractivity contribution >= 4 is 25.8 Å². The monoisotopic (exact) mass is 333 g/mol. The molecule has 8 heteroatoms. The summed E-state index contributed by atoms with van der Waals surface area (Å²) in [4.78, 5) is 13.4. The van der Waals surface area contributed by atoms with Gasteiger partial charge in [0.15, 0.2) is 0 Å². The van der Waals surface area contributed by atoms with E-state index in [1.807, 2.05) is 30.3 Å². The summed E-state index contributed by atoms with van der Waals surface area (Å²) in [5, 5.41) is 0. The van der Waals surface area contributed by atoms with Crippen molar-refractivity contribution in [1.29, 1.82) is 0 Å². The molecular weight excluding hydrogens is 318 g/mol. The quantitative estimate of drug-likeness (QED) is 0.782. The SMILES string of the molecule is O=C(OCc1ccccc1)N1CCOCC1CS(=O)(=O)Cl. The Kier molecular flexibility index (Phi) is 5.44. The summed E-state index contributed by atoms with van der Waals surface area (Å²) < 4.78 is 32.8. The fourth-order valence-electron chi connectivity index (χ4n) is 2.07. The van der Waals surface area contributed by atoms with Gasteiger partial charge >= 0.3 is 6.09 Å². The van der Waals surface area contributed by atoms with E-state index in [1.165, 1.54) is 4.90 Å². The van der Waals surface area contributed by atoms with E-state index in [1.54, 1.807) is 0 Å². The van der Waals surface area contributed by atoms with Crippen molar-refractivity contribution in [2.75, 3.05) is 25.5 Å². The van der Waals surface area contributed by atoms with Crippen LogP contribution in [0.5, 0.6) is 0 Å². The molecule has 21 heavy (non-hydrogen) atoms. The molecule has 1 heterocycles. The molecule has 0 saturated carbocycles. The molecule has 0 aliphatic carbocycles. The van der Waals surface area contributed by atoms with Crippen molar-refractivity contribution in [2.24, 2.45) is 0 Å². The van der Waals surface area contributed by atoms with Crippen LogP contribution in [0.25, 0.3) is 0 Å². The molecule has 2 rings (SSSR count). The summed E-state index contributed by atoms with van der Waals surface area (Å²) >= 11 is 0. The van der Waals surface area contributed by atoms with Crippen molar-refractivity contribution in [3.63, 3.8) is 0 Å². The lowest BCUT2D eigenvalue weighted by Gasteiger charge is -2.33. The van der Waals surface area contributed by atoms with E-state index in [-0.39, 0.29) is 25.5 Å². The van der Waals surface area contributed by atoms with Gasteiger partial charge in [0.2, 0.25) is 9.05 Å². The molecule has 0 spiro atoms. The lowest BCUT2D eigenvalue weighted by atomic mass is 10.2. The number of carbonyl (C=O) groups excluding carboxylic acids is 1. The highest BCUT2D eigenvalue weighted by atomic mass is 35.7. The second-order valence-electron chi connectivity index (χ2n) is 4.67. The third kappa shape index (κ3) is 5.18. The fourth-order valence-corrected chi connectivity index (χ4v) is 3.24. The number of halogens is 1. The highest BCUT2D eigenvalue weighted by Gasteiger charge is 2.31. The van der Waals surface area contributed by atoms with Crippen LogP contribution >= 0.6 is 10.7 Å². The van der Waals surface area contributed by atoms with Gasteiger partial charge in [0, 0.05) is 17.2 Å². The number of benzene rings is 1. The van der Waals surface area contributed by atoms with Gasteiger partial charge in [-0.1, -0.05) is 30.3 Å². The summed E-state index contributed by atoms with van der Waals surface area (Å²) in [6, 6.07) is 8.63. The molecule has 1 atom stereocenters. The van der Waals surface area contributed by atoms with Crippen LogP contribution in [0, 0.1) is 0 Å². The lowest BCUT2D eigenvalue weighted by Crippen LogP contribution is -2.51. The minimum atomic E-state index is -3.71. The molecule has 1 aromatic carbocycles. The number of hydrogen-bond donors (Lipinski definition) is 0. The number of amides is 1. The van der Waals surface area contributed by atoms with Gasteiger partial charge in [-0.05, 0) is 5.56 Å². The predicted octanol–water partition coefficient (Wildman–Crippen LogP) is 1.59. The van der Waals surface area contributed by atoms with Crippen LogP contribution in [-0.4, -0.2) is 51.0 Å². The molecular formula is C13H16ClNO5S. The Hall–Kier alpha value is -1.31. The van der Waals surface area contributed by atoms with Crippen molar-refractivity contribution in [3.05, 3.63) is 35.9 Å². The molecule has 1 unspecified atom stereocenters. The molecule has 1 fully saturated rings. The first-order valence-corrected chi connectivity index (χ1v) is 8.91. The number of nitrogens with zero attached hydrogens (tertiary/aromatic N) is 1. The highest BCUT2D eigenvalue weighted by molar-refractivity contribution is 8.13. The first kappa shape index (κ1) is 16.1. The smallest absolute Gasteiger partial charge is 0.410 e. The van der Waals surface area contributed by atoms with Gasteiger partial charge in [-0.15, -0.1) is 0 Å². The summed E-state index contributed by atoms with van der Waals surface area (Å²) in [7, 11) is 1.53. The second-order valence-corrected chi connectivity index (χ2v) is 7.49. The Labute approximate surface area is 128 Å². The van der Waals surface area contributed by atoms with E-state index in [2.05, 4.69) is 0 Å². The largest absolute Gasteiger partial charge is 0.445 e. The summed E-state index contributed by atoms with van der Waals surface area (Å²) in [5.41, 5.74) is 0.862. The minimum Gasteiger partial charge on any atom is -0.445 e. The van der Waals surface area contributed by atoms with Gasteiger partial charge in [0.1, 0.15) is 6.61 Å². The standard InChI is InChI=1S/C13H16ClNO5S/c14-21(17,18)10-12-9-19-7-6-15(12)13(16)20-8-11-4-2-1-3-5-11/h1-5,12H,6-10H2. The van der Waals surface area contributed by atoms with E-state index in [0.717, 1.165) is 5.56 Å². The average molecular weight is 334 g/mol. The van der Waals surface area contributed by atoms with Gasteiger partial charge in [0.25, 0.3) is 0 Å². The zero-order valence-corrected chi connectivity index (χ0v) is 12.8. The maximum atomic E-state index is 12.1. The molecule has 116 valence electrons.